The summed E-state index contributed by atoms with van der Waals surface area (Å²) in [6.45, 7) is 5.57. The van der Waals surface area contributed by atoms with Crippen LogP contribution < -0.4 is 15.5 Å². The smallest absolute Gasteiger partial charge is 0.249 e. The second-order valence-electron chi connectivity index (χ2n) is 5.14. The fraction of sp³-hybridized carbons (Fsp3) is 0.467. The molecule has 1 aromatic rings. The summed E-state index contributed by atoms with van der Waals surface area (Å²) in [5, 5.41) is 6.22. The molecule has 1 aromatic carbocycles. The fourth-order valence-corrected chi connectivity index (χ4v) is 2.71. The number of nitrogens with zero attached hydrogens (tertiary/aromatic N) is 1. The number of anilines is 1. The monoisotopic (exact) mass is 309 g/mol. The van der Waals surface area contributed by atoms with E-state index >= 15 is 0 Å². The number of carbonyl (C=O) groups excluding carboxylic acids is 2. The predicted molar refractivity (Wildman–Crippen MR) is 83.4 cm³/mol. The summed E-state index contributed by atoms with van der Waals surface area (Å²) in [5.74, 6) is -0.593. The molecule has 2 rings (SSSR count). The Hall–Kier alpha value is -1.59. The van der Waals surface area contributed by atoms with Crippen LogP contribution in [0.1, 0.15) is 25.8 Å². The molecule has 1 unspecified atom stereocenters. The number of para-hydroxylation sites is 1. The Balaban J connectivity index is 2.32. The number of halogens is 1. The molecule has 114 valence electrons. The minimum absolute atomic E-state index is 0.136. The van der Waals surface area contributed by atoms with E-state index in [1.807, 2.05) is 12.1 Å². The van der Waals surface area contributed by atoms with Gasteiger partial charge in [-0.25, -0.2) is 0 Å². The Kier molecular flexibility index (Phi) is 5.20. The van der Waals surface area contributed by atoms with E-state index in [2.05, 4.69) is 17.6 Å². The molecule has 0 spiro atoms. The molecule has 5 nitrogen and oxygen atoms in total. The molecular weight excluding hydrogens is 290 g/mol. The van der Waals surface area contributed by atoms with Crippen LogP contribution in [0.25, 0.3) is 0 Å². The third-order valence-corrected chi connectivity index (χ3v) is 3.83. The summed E-state index contributed by atoms with van der Waals surface area (Å²) in [4.78, 5) is 25.3. The van der Waals surface area contributed by atoms with Crippen LogP contribution in [0, 0.1) is 0 Å². The Labute approximate surface area is 129 Å². The summed E-state index contributed by atoms with van der Waals surface area (Å²) in [6.07, 6.45) is 1.04. The molecule has 2 N–H and O–H groups in total. The number of hydrogen-bond acceptors (Lipinski definition) is 4. The average molecular weight is 310 g/mol. The molecular formula is C15H20ClN3O2. The SMILES string of the molecule is CCCNCc1cccc(Cl)c1N1CC(=O)NC(=O)C1C. The quantitative estimate of drug-likeness (QED) is 0.642. The summed E-state index contributed by atoms with van der Waals surface area (Å²) in [7, 11) is 0. The maximum atomic E-state index is 11.8. The van der Waals surface area contributed by atoms with E-state index in [4.69, 9.17) is 11.6 Å². The van der Waals surface area contributed by atoms with E-state index in [1.165, 1.54) is 0 Å². The first-order valence-corrected chi connectivity index (χ1v) is 7.50. The number of carbonyl (C=O) groups is 2. The van der Waals surface area contributed by atoms with E-state index in [0.717, 1.165) is 24.2 Å². The van der Waals surface area contributed by atoms with Crippen molar-refractivity contribution in [2.24, 2.45) is 0 Å². The van der Waals surface area contributed by atoms with Gasteiger partial charge in [0.1, 0.15) is 6.04 Å². The minimum atomic E-state index is -0.424. The highest BCUT2D eigenvalue weighted by atomic mass is 35.5. The van der Waals surface area contributed by atoms with Crippen molar-refractivity contribution in [1.82, 2.24) is 10.6 Å². The van der Waals surface area contributed by atoms with Crippen molar-refractivity contribution in [3.05, 3.63) is 28.8 Å². The van der Waals surface area contributed by atoms with Gasteiger partial charge in [0.25, 0.3) is 0 Å². The van der Waals surface area contributed by atoms with Gasteiger partial charge in [0.2, 0.25) is 11.8 Å². The zero-order valence-electron chi connectivity index (χ0n) is 12.3. The summed E-state index contributed by atoms with van der Waals surface area (Å²) >= 11 is 6.32. The lowest BCUT2D eigenvalue weighted by atomic mass is 10.1. The summed E-state index contributed by atoms with van der Waals surface area (Å²) in [5.41, 5.74) is 1.75. The van der Waals surface area contributed by atoms with Crippen LogP contribution in [-0.4, -0.2) is 30.9 Å². The predicted octanol–water partition coefficient (Wildman–Crippen LogP) is 1.69. The van der Waals surface area contributed by atoms with Crippen LogP contribution in [0.5, 0.6) is 0 Å². The number of nitrogens with one attached hydrogen (secondary N) is 2. The number of rotatable bonds is 5. The van der Waals surface area contributed by atoms with Crippen LogP contribution in [-0.2, 0) is 16.1 Å². The molecule has 1 aliphatic rings. The van der Waals surface area contributed by atoms with Crippen LogP contribution in [0.3, 0.4) is 0 Å². The number of benzene rings is 1. The first-order valence-electron chi connectivity index (χ1n) is 7.13. The van der Waals surface area contributed by atoms with Crippen molar-refractivity contribution in [1.29, 1.82) is 0 Å². The molecule has 1 heterocycles. The molecule has 0 aliphatic carbocycles. The lowest BCUT2D eigenvalue weighted by molar-refractivity contribution is -0.132. The van der Waals surface area contributed by atoms with Gasteiger partial charge in [-0.1, -0.05) is 30.7 Å². The molecule has 1 fully saturated rings. The second kappa shape index (κ2) is 6.91. The van der Waals surface area contributed by atoms with Gasteiger partial charge in [0.15, 0.2) is 0 Å². The lowest BCUT2D eigenvalue weighted by Gasteiger charge is -2.35. The van der Waals surface area contributed by atoms with Crippen molar-refractivity contribution in [2.75, 3.05) is 18.0 Å². The van der Waals surface area contributed by atoms with Crippen molar-refractivity contribution in [2.45, 2.75) is 32.9 Å². The lowest BCUT2D eigenvalue weighted by Crippen LogP contribution is -2.57. The number of hydrogen-bond donors (Lipinski definition) is 2. The molecule has 6 heteroatoms. The van der Waals surface area contributed by atoms with Gasteiger partial charge < -0.3 is 10.2 Å². The van der Waals surface area contributed by atoms with Crippen LogP contribution in [0.2, 0.25) is 5.02 Å². The minimum Gasteiger partial charge on any atom is -0.349 e. The van der Waals surface area contributed by atoms with E-state index < -0.39 is 6.04 Å². The van der Waals surface area contributed by atoms with Crippen LogP contribution in [0.4, 0.5) is 5.69 Å². The maximum absolute atomic E-state index is 11.8. The Morgan fingerprint density at radius 3 is 2.90 bits per heavy atom. The first kappa shape index (κ1) is 15.8. The van der Waals surface area contributed by atoms with E-state index in [-0.39, 0.29) is 18.4 Å². The van der Waals surface area contributed by atoms with Gasteiger partial charge in [-0.15, -0.1) is 0 Å². The Morgan fingerprint density at radius 2 is 2.19 bits per heavy atom. The molecule has 1 aliphatic heterocycles. The van der Waals surface area contributed by atoms with Gasteiger partial charge in [-0.2, -0.15) is 0 Å². The normalized spacial score (nSPS) is 18.8. The highest BCUT2D eigenvalue weighted by molar-refractivity contribution is 6.33. The molecule has 1 saturated heterocycles. The number of amides is 2. The fourth-order valence-electron chi connectivity index (χ4n) is 2.41. The van der Waals surface area contributed by atoms with Gasteiger partial charge in [-0.05, 0) is 31.5 Å². The van der Waals surface area contributed by atoms with Gasteiger partial charge in [0.05, 0.1) is 17.3 Å². The molecule has 0 saturated carbocycles. The van der Waals surface area contributed by atoms with Crippen molar-refractivity contribution < 1.29 is 9.59 Å². The molecule has 0 bridgehead atoms. The third kappa shape index (κ3) is 3.54. The molecule has 0 aromatic heterocycles. The third-order valence-electron chi connectivity index (χ3n) is 3.52. The standard InChI is InChI=1S/C15H20ClN3O2/c1-3-7-17-8-11-5-4-6-12(16)14(11)19-9-13(20)18-15(21)10(19)2/h4-6,10,17H,3,7-9H2,1-2H3,(H,18,20,21). The Morgan fingerprint density at radius 1 is 1.43 bits per heavy atom. The molecule has 0 radical (unpaired) electrons. The zero-order chi connectivity index (χ0) is 15.4. The van der Waals surface area contributed by atoms with Gasteiger partial charge in [0, 0.05) is 6.54 Å². The van der Waals surface area contributed by atoms with Gasteiger partial charge in [-0.3, -0.25) is 14.9 Å². The summed E-state index contributed by atoms with van der Waals surface area (Å²) < 4.78 is 0. The highest BCUT2D eigenvalue weighted by Gasteiger charge is 2.32. The average Bonchev–Trinajstić information content (AvgIpc) is 2.44. The molecule has 2 amide bonds. The van der Waals surface area contributed by atoms with E-state index in [1.54, 1.807) is 17.9 Å². The Bertz CT molecular complexity index is 548. The van der Waals surface area contributed by atoms with Crippen molar-refractivity contribution >= 4 is 29.1 Å². The van der Waals surface area contributed by atoms with Gasteiger partial charge >= 0.3 is 0 Å². The number of imide groups is 1. The second-order valence-corrected chi connectivity index (χ2v) is 5.55. The molecule has 21 heavy (non-hydrogen) atoms. The largest absolute Gasteiger partial charge is 0.349 e. The molecule has 1 atom stereocenters. The van der Waals surface area contributed by atoms with Crippen molar-refractivity contribution in [3.63, 3.8) is 0 Å². The highest BCUT2D eigenvalue weighted by Crippen LogP contribution is 2.32. The van der Waals surface area contributed by atoms with E-state index in [0.29, 0.717) is 11.6 Å². The maximum Gasteiger partial charge on any atom is 0.249 e. The van der Waals surface area contributed by atoms with Crippen molar-refractivity contribution in [3.8, 4) is 0 Å². The zero-order valence-corrected chi connectivity index (χ0v) is 13.0. The number of piperazine rings is 1. The van der Waals surface area contributed by atoms with Crippen LogP contribution in [0.15, 0.2) is 18.2 Å². The van der Waals surface area contributed by atoms with Crippen LogP contribution >= 0.6 is 11.6 Å². The summed E-state index contributed by atoms with van der Waals surface area (Å²) in [6, 6.07) is 5.20. The van der Waals surface area contributed by atoms with E-state index in [9.17, 15) is 9.59 Å². The topological polar surface area (TPSA) is 61.4 Å². The first-order chi connectivity index (χ1) is 10.0.